The minimum absolute atomic E-state index is 0.361. The first-order valence-electron chi connectivity index (χ1n) is 6.50. The first kappa shape index (κ1) is 16.0. The van der Waals surface area contributed by atoms with Gasteiger partial charge in [-0.25, -0.2) is 8.78 Å². The SMILES string of the molecule is CCOCCN(C)CCC(N)c1cc(F)cc(F)c1. The smallest absolute Gasteiger partial charge is 0.126 e. The molecule has 0 aromatic heterocycles. The molecular weight excluding hydrogens is 250 g/mol. The summed E-state index contributed by atoms with van der Waals surface area (Å²) in [6.45, 7) is 4.91. The van der Waals surface area contributed by atoms with Gasteiger partial charge in [0.2, 0.25) is 0 Å². The molecule has 19 heavy (non-hydrogen) atoms. The van der Waals surface area contributed by atoms with Crippen molar-refractivity contribution in [2.45, 2.75) is 19.4 Å². The Labute approximate surface area is 113 Å². The van der Waals surface area contributed by atoms with Crippen LogP contribution in [0.3, 0.4) is 0 Å². The summed E-state index contributed by atoms with van der Waals surface area (Å²) >= 11 is 0. The van der Waals surface area contributed by atoms with Crippen LogP contribution >= 0.6 is 0 Å². The lowest BCUT2D eigenvalue weighted by Crippen LogP contribution is -2.27. The van der Waals surface area contributed by atoms with E-state index in [1.807, 2.05) is 14.0 Å². The van der Waals surface area contributed by atoms with E-state index in [-0.39, 0.29) is 6.04 Å². The lowest BCUT2D eigenvalue weighted by Gasteiger charge is -2.19. The summed E-state index contributed by atoms with van der Waals surface area (Å²) in [5, 5.41) is 0. The third-order valence-corrected chi connectivity index (χ3v) is 2.96. The Kier molecular flexibility index (Phi) is 6.91. The zero-order chi connectivity index (χ0) is 14.3. The molecule has 0 bridgehead atoms. The number of hydrogen-bond acceptors (Lipinski definition) is 3. The number of ether oxygens (including phenoxy) is 1. The molecule has 5 heteroatoms. The van der Waals surface area contributed by atoms with Crippen LogP contribution in [0.25, 0.3) is 0 Å². The minimum atomic E-state index is -0.588. The summed E-state index contributed by atoms with van der Waals surface area (Å²) in [6.07, 6.45) is 0.644. The van der Waals surface area contributed by atoms with Gasteiger partial charge in [-0.3, -0.25) is 0 Å². The van der Waals surface area contributed by atoms with Gasteiger partial charge in [0.15, 0.2) is 0 Å². The third-order valence-electron chi connectivity index (χ3n) is 2.96. The van der Waals surface area contributed by atoms with E-state index in [9.17, 15) is 8.78 Å². The van der Waals surface area contributed by atoms with Crippen LogP contribution in [0, 0.1) is 11.6 Å². The molecule has 1 rings (SSSR count). The fourth-order valence-corrected chi connectivity index (χ4v) is 1.79. The molecular formula is C14H22F2N2O. The van der Waals surface area contributed by atoms with Gasteiger partial charge in [0.1, 0.15) is 11.6 Å². The van der Waals surface area contributed by atoms with Gasteiger partial charge in [-0.05, 0) is 44.6 Å². The van der Waals surface area contributed by atoms with E-state index in [0.717, 1.165) is 19.2 Å². The van der Waals surface area contributed by atoms with Crippen molar-refractivity contribution < 1.29 is 13.5 Å². The number of halogens is 2. The van der Waals surface area contributed by atoms with E-state index in [2.05, 4.69) is 4.90 Å². The number of likely N-dealkylation sites (N-methyl/N-ethyl adjacent to an activating group) is 1. The van der Waals surface area contributed by atoms with Crippen LogP contribution in [0.5, 0.6) is 0 Å². The first-order chi connectivity index (χ1) is 9.02. The average molecular weight is 272 g/mol. The molecule has 1 atom stereocenters. The van der Waals surface area contributed by atoms with Gasteiger partial charge >= 0.3 is 0 Å². The molecule has 0 heterocycles. The predicted molar refractivity (Wildman–Crippen MR) is 71.9 cm³/mol. The zero-order valence-corrected chi connectivity index (χ0v) is 11.5. The molecule has 0 radical (unpaired) electrons. The van der Waals surface area contributed by atoms with Crippen molar-refractivity contribution in [2.75, 3.05) is 33.4 Å². The van der Waals surface area contributed by atoms with Gasteiger partial charge in [0.25, 0.3) is 0 Å². The van der Waals surface area contributed by atoms with Crippen LogP contribution in [-0.4, -0.2) is 38.3 Å². The Morgan fingerprint density at radius 3 is 2.42 bits per heavy atom. The molecule has 0 fully saturated rings. The van der Waals surface area contributed by atoms with E-state index < -0.39 is 11.6 Å². The second-order valence-corrected chi connectivity index (χ2v) is 4.60. The van der Waals surface area contributed by atoms with Crippen molar-refractivity contribution in [1.29, 1.82) is 0 Å². The number of benzene rings is 1. The summed E-state index contributed by atoms with van der Waals surface area (Å²) in [5.41, 5.74) is 6.44. The molecule has 0 saturated heterocycles. The zero-order valence-electron chi connectivity index (χ0n) is 11.5. The van der Waals surface area contributed by atoms with Crippen molar-refractivity contribution in [1.82, 2.24) is 4.90 Å². The van der Waals surface area contributed by atoms with E-state index in [0.29, 0.717) is 25.2 Å². The molecule has 1 unspecified atom stereocenters. The van der Waals surface area contributed by atoms with Gasteiger partial charge in [-0.2, -0.15) is 0 Å². The number of nitrogens with zero attached hydrogens (tertiary/aromatic N) is 1. The summed E-state index contributed by atoms with van der Waals surface area (Å²) in [6, 6.07) is 3.06. The molecule has 1 aromatic carbocycles. The lowest BCUT2D eigenvalue weighted by molar-refractivity contribution is 0.121. The normalized spacial score (nSPS) is 12.9. The quantitative estimate of drug-likeness (QED) is 0.738. The van der Waals surface area contributed by atoms with E-state index in [1.165, 1.54) is 12.1 Å². The molecule has 2 N–H and O–H groups in total. The van der Waals surface area contributed by atoms with Crippen molar-refractivity contribution in [2.24, 2.45) is 5.73 Å². The largest absolute Gasteiger partial charge is 0.380 e. The molecule has 0 aliphatic carbocycles. The van der Waals surface area contributed by atoms with Crippen LogP contribution in [0.1, 0.15) is 24.9 Å². The molecule has 0 amide bonds. The van der Waals surface area contributed by atoms with E-state index in [4.69, 9.17) is 10.5 Å². The molecule has 0 spiro atoms. The topological polar surface area (TPSA) is 38.5 Å². The van der Waals surface area contributed by atoms with Gasteiger partial charge < -0.3 is 15.4 Å². The van der Waals surface area contributed by atoms with Crippen molar-refractivity contribution in [3.63, 3.8) is 0 Å². The minimum Gasteiger partial charge on any atom is -0.380 e. The highest BCUT2D eigenvalue weighted by Crippen LogP contribution is 2.17. The maximum Gasteiger partial charge on any atom is 0.126 e. The highest BCUT2D eigenvalue weighted by molar-refractivity contribution is 5.21. The molecule has 0 saturated carbocycles. The molecule has 1 aromatic rings. The van der Waals surface area contributed by atoms with Crippen LogP contribution in [0.15, 0.2) is 18.2 Å². The molecule has 0 aliphatic rings. The van der Waals surface area contributed by atoms with E-state index >= 15 is 0 Å². The fourth-order valence-electron chi connectivity index (χ4n) is 1.79. The molecule has 0 aliphatic heterocycles. The molecule has 108 valence electrons. The first-order valence-corrected chi connectivity index (χ1v) is 6.50. The van der Waals surface area contributed by atoms with Crippen molar-refractivity contribution >= 4 is 0 Å². The standard InChI is InChI=1S/C14H22F2N2O/c1-3-19-7-6-18(2)5-4-14(17)11-8-12(15)10-13(16)9-11/h8-10,14H,3-7,17H2,1-2H3. The Morgan fingerprint density at radius 2 is 1.84 bits per heavy atom. The van der Waals surface area contributed by atoms with Crippen LogP contribution in [0.4, 0.5) is 8.78 Å². The monoisotopic (exact) mass is 272 g/mol. The number of nitrogens with two attached hydrogens (primary N) is 1. The fraction of sp³-hybridized carbons (Fsp3) is 0.571. The summed E-state index contributed by atoms with van der Waals surface area (Å²) < 4.78 is 31.4. The van der Waals surface area contributed by atoms with Gasteiger partial charge in [-0.1, -0.05) is 0 Å². The Bertz CT molecular complexity index is 367. The van der Waals surface area contributed by atoms with Gasteiger partial charge in [0, 0.05) is 25.3 Å². The van der Waals surface area contributed by atoms with Crippen LogP contribution < -0.4 is 5.73 Å². The van der Waals surface area contributed by atoms with Crippen molar-refractivity contribution in [3.8, 4) is 0 Å². The third kappa shape index (κ3) is 6.09. The predicted octanol–water partition coefficient (Wildman–Crippen LogP) is 2.32. The van der Waals surface area contributed by atoms with Gasteiger partial charge in [0.05, 0.1) is 6.61 Å². The maximum absolute atomic E-state index is 13.1. The Balaban J connectivity index is 2.39. The highest BCUT2D eigenvalue weighted by Gasteiger charge is 2.10. The second-order valence-electron chi connectivity index (χ2n) is 4.60. The molecule has 3 nitrogen and oxygen atoms in total. The Hall–Kier alpha value is -1.04. The lowest BCUT2D eigenvalue weighted by atomic mass is 10.0. The Morgan fingerprint density at radius 1 is 1.21 bits per heavy atom. The highest BCUT2D eigenvalue weighted by atomic mass is 19.1. The maximum atomic E-state index is 13.1. The number of rotatable bonds is 8. The van der Waals surface area contributed by atoms with E-state index in [1.54, 1.807) is 0 Å². The number of hydrogen-bond donors (Lipinski definition) is 1. The van der Waals surface area contributed by atoms with Crippen LogP contribution in [0.2, 0.25) is 0 Å². The second kappa shape index (κ2) is 8.19. The summed E-state index contributed by atoms with van der Waals surface area (Å²) in [4.78, 5) is 2.09. The summed E-state index contributed by atoms with van der Waals surface area (Å²) in [7, 11) is 1.97. The van der Waals surface area contributed by atoms with Crippen LogP contribution in [-0.2, 0) is 4.74 Å². The average Bonchev–Trinajstić information content (AvgIpc) is 2.35. The van der Waals surface area contributed by atoms with Gasteiger partial charge in [-0.15, -0.1) is 0 Å². The van der Waals surface area contributed by atoms with Crippen molar-refractivity contribution in [3.05, 3.63) is 35.4 Å². The summed E-state index contributed by atoms with van der Waals surface area (Å²) in [5.74, 6) is -1.18.